The van der Waals surface area contributed by atoms with Gasteiger partial charge in [0.05, 0.1) is 6.54 Å². The Morgan fingerprint density at radius 2 is 1.89 bits per heavy atom. The Morgan fingerprint density at radius 1 is 1.22 bits per heavy atom. The number of hydrogen-bond donors (Lipinski definition) is 2. The fourth-order valence-corrected chi connectivity index (χ4v) is 2.70. The van der Waals surface area contributed by atoms with E-state index in [1.54, 1.807) is 25.2 Å². The lowest BCUT2D eigenvalue weighted by molar-refractivity contribution is 0.214. The smallest absolute Gasteiger partial charge is 0.191 e. The Labute approximate surface area is 181 Å². The van der Waals surface area contributed by atoms with E-state index in [2.05, 4.69) is 41.3 Å². The third-order valence-corrected chi connectivity index (χ3v) is 4.33. The topological polar surface area (TPSA) is 48.9 Å². The zero-order valence-corrected chi connectivity index (χ0v) is 19.6. The standard InChI is InChI=1S/C20H35FN4O.HI/c1-6-25(7-2)14-10-11-16(3)24-20(22-5)23-15-17(4)26-19-13-9-8-12-18(19)21;/h8-9,12-13,16-17H,6-7,10-11,14-15H2,1-5H3,(H2,22,23,24);1H. The van der Waals surface area contributed by atoms with Gasteiger partial charge in [0.1, 0.15) is 6.10 Å². The van der Waals surface area contributed by atoms with Crippen LogP contribution in [0.2, 0.25) is 0 Å². The number of para-hydroxylation sites is 1. The van der Waals surface area contributed by atoms with E-state index in [0.29, 0.717) is 12.6 Å². The highest BCUT2D eigenvalue weighted by Crippen LogP contribution is 2.16. The number of nitrogens with one attached hydrogen (secondary N) is 2. The molecule has 0 aliphatic rings. The van der Waals surface area contributed by atoms with Crippen molar-refractivity contribution in [2.24, 2.45) is 4.99 Å². The van der Waals surface area contributed by atoms with Crippen LogP contribution >= 0.6 is 24.0 Å². The largest absolute Gasteiger partial charge is 0.486 e. The van der Waals surface area contributed by atoms with E-state index < -0.39 is 0 Å². The fourth-order valence-electron chi connectivity index (χ4n) is 2.70. The van der Waals surface area contributed by atoms with Crippen molar-refractivity contribution in [2.75, 3.05) is 33.2 Å². The third-order valence-electron chi connectivity index (χ3n) is 4.33. The summed E-state index contributed by atoms with van der Waals surface area (Å²) in [5.41, 5.74) is 0. The molecule has 0 aromatic heterocycles. The number of ether oxygens (including phenoxy) is 1. The molecule has 0 spiro atoms. The van der Waals surface area contributed by atoms with E-state index in [1.165, 1.54) is 6.07 Å². The molecule has 0 saturated carbocycles. The van der Waals surface area contributed by atoms with Gasteiger partial charge in [0.15, 0.2) is 17.5 Å². The molecule has 1 aromatic rings. The Hall–Kier alpha value is -1.09. The van der Waals surface area contributed by atoms with Gasteiger partial charge in [-0.15, -0.1) is 24.0 Å². The molecule has 2 N–H and O–H groups in total. The fraction of sp³-hybridized carbons (Fsp3) is 0.650. The Bertz CT molecular complexity index is 540. The maximum atomic E-state index is 13.6. The van der Waals surface area contributed by atoms with Crippen molar-refractivity contribution in [1.82, 2.24) is 15.5 Å². The van der Waals surface area contributed by atoms with Crippen LogP contribution in [0.3, 0.4) is 0 Å². The summed E-state index contributed by atoms with van der Waals surface area (Å²) < 4.78 is 19.3. The van der Waals surface area contributed by atoms with Gasteiger partial charge in [-0.1, -0.05) is 26.0 Å². The Morgan fingerprint density at radius 3 is 2.48 bits per heavy atom. The first kappa shape index (κ1) is 25.9. The second-order valence-electron chi connectivity index (χ2n) is 6.53. The monoisotopic (exact) mass is 494 g/mol. The first-order valence-corrected chi connectivity index (χ1v) is 9.60. The predicted molar refractivity (Wildman–Crippen MR) is 123 cm³/mol. The zero-order valence-electron chi connectivity index (χ0n) is 17.3. The van der Waals surface area contributed by atoms with Crippen LogP contribution in [0.5, 0.6) is 5.75 Å². The normalized spacial score (nSPS) is 13.7. The number of hydrogen-bond acceptors (Lipinski definition) is 3. The molecule has 2 atom stereocenters. The van der Waals surface area contributed by atoms with Gasteiger partial charge >= 0.3 is 0 Å². The van der Waals surface area contributed by atoms with E-state index in [1.807, 2.05) is 6.92 Å². The van der Waals surface area contributed by atoms with Crippen LogP contribution in [0.4, 0.5) is 4.39 Å². The Balaban J connectivity index is 0.00000676. The van der Waals surface area contributed by atoms with E-state index in [-0.39, 0.29) is 41.6 Å². The number of benzene rings is 1. The van der Waals surface area contributed by atoms with Crippen molar-refractivity contribution in [3.8, 4) is 5.75 Å². The lowest BCUT2D eigenvalue weighted by Crippen LogP contribution is -2.45. The Kier molecular flexibility index (Phi) is 14.3. The van der Waals surface area contributed by atoms with Gasteiger partial charge in [-0.25, -0.2) is 4.39 Å². The van der Waals surface area contributed by atoms with Crippen molar-refractivity contribution in [3.63, 3.8) is 0 Å². The lowest BCUT2D eigenvalue weighted by Gasteiger charge is -2.22. The number of guanidine groups is 1. The first-order chi connectivity index (χ1) is 12.5. The highest BCUT2D eigenvalue weighted by atomic mass is 127. The van der Waals surface area contributed by atoms with E-state index in [0.717, 1.165) is 38.4 Å². The molecular formula is C20H36FIN4O. The van der Waals surface area contributed by atoms with Gasteiger partial charge in [-0.3, -0.25) is 4.99 Å². The van der Waals surface area contributed by atoms with Crippen LogP contribution in [-0.4, -0.2) is 56.2 Å². The van der Waals surface area contributed by atoms with Crippen LogP contribution < -0.4 is 15.4 Å². The van der Waals surface area contributed by atoms with E-state index in [9.17, 15) is 4.39 Å². The van der Waals surface area contributed by atoms with Crippen molar-refractivity contribution in [1.29, 1.82) is 0 Å². The average molecular weight is 494 g/mol. The molecule has 0 radical (unpaired) electrons. The molecule has 5 nitrogen and oxygen atoms in total. The summed E-state index contributed by atoms with van der Waals surface area (Å²) in [4.78, 5) is 6.69. The van der Waals surface area contributed by atoms with Gasteiger partial charge in [-0.05, 0) is 58.5 Å². The summed E-state index contributed by atoms with van der Waals surface area (Å²) in [5, 5.41) is 6.64. The van der Waals surface area contributed by atoms with Gasteiger partial charge < -0.3 is 20.3 Å². The SMILES string of the molecule is CCN(CC)CCCC(C)NC(=NC)NCC(C)Oc1ccccc1F.I. The molecule has 27 heavy (non-hydrogen) atoms. The summed E-state index contributed by atoms with van der Waals surface area (Å²) in [6.45, 7) is 12.3. The van der Waals surface area contributed by atoms with Crippen molar-refractivity contribution in [3.05, 3.63) is 30.1 Å². The molecule has 0 bridgehead atoms. The summed E-state index contributed by atoms with van der Waals surface area (Å²) in [7, 11) is 1.75. The van der Waals surface area contributed by atoms with E-state index >= 15 is 0 Å². The minimum atomic E-state index is -0.344. The number of rotatable bonds is 11. The summed E-state index contributed by atoms with van der Waals surface area (Å²) in [6, 6.07) is 6.78. The minimum absolute atomic E-state index is 0. The van der Waals surface area contributed by atoms with Crippen LogP contribution in [0.15, 0.2) is 29.3 Å². The van der Waals surface area contributed by atoms with Crippen LogP contribution in [0.1, 0.15) is 40.5 Å². The maximum absolute atomic E-state index is 13.6. The third kappa shape index (κ3) is 10.7. The molecule has 0 amide bonds. The van der Waals surface area contributed by atoms with Gasteiger partial charge in [0.2, 0.25) is 0 Å². The van der Waals surface area contributed by atoms with Crippen LogP contribution in [-0.2, 0) is 0 Å². The molecule has 0 aliphatic heterocycles. The molecular weight excluding hydrogens is 458 g/mol. The second-order valence-corrected chi connectivity index (χ2v) is 6.53. The summed E-state index contributed by atoms with van der Waals surface area (Å²) >= 11 is 0. The number of nitrogens with zero attached hydrogens (tertiary/aromatic N) is 2. The van der Waals surface area contributed by atoms with Gasteiger partial charge in [0, 0.05) is 13.1 Å². The van der Waals surface area contributed by atoms with Crippen molar-refractivity contribution >= 4 is 29.9 Å². The second kappa shape index (κ2) is 14.9. The molecule has 0 heterocycles. The highest BCUT2D eigenvalue weighted by molar-refractivity contribution is 14.0. The van der Waals surface area contributed by atoms with Gasteiger partial charge in [-0.2, -0.15) is 0 Å². The average Bonchev–Trinajstić information content (AvgIpc) is 2.64. The zero-order chi connectivity index (χ0) is 19.4. The van der Waals surface area contributed by atoms with Crippen LogP contribution in [0, 0.1) is 5.82 Å². The minimum Gasteiger partial charge on any atom is -0.486 e. The molecule has 1 rings (SSSR count). The molecule has 0 fully saturated rings. The molecule has 0 saturated heterocycles. The lowest BCUT2D eigenvalue weighted by atomic mass is 10.2. The van der Waals surface area contributed by atoms with E-state index in [4.69, 9.17) is 4.74 Å². The summed E-state index contributed by atoms with van der Waals surface area (Å²) in [6.07, 6.45) is 2.06. The van der Waals surface area contributed by atoms with Crippen LogP contribution in [0.25, 0.3) is 0 Å². The first-order valence-electron chi connectivity index (χ1n) is 9.60. The van der Waals surface area contributed by atoms with Crippen molar-refractivity contribution in [2.45, 2.75) is 52.7 Å². The quantitative estimate of drug-likeness (QED) is 0.279. The number of aliphatic imine (C=N–C) groups is 1. The molecule has 156 valence electrons. The van der Waals surface area contributed by atoms with Gasteiger partial charge in [0.25, 0.3) is 0 Å². The van der Waals surface area contributed by atoms with Crippen molar-refractivity contribution < 1.29 is 9.13 Å². The molecule has 0 aliphatic carbocycles. The summed E-state index contributed by atoms with van der Waals surface area (Å²) in [5.74, 6) is 0.669. The predicted octanol–water partition coefficient (Wildman–Crippen LogP) is 3.89. The highest BCUT2D eigenvalue weighted by Gasteiger charge is 2.10. The molecule has 7 heteroatoms. The molecule has 1 aromatic carbocycles. The number of halogens is 2. The molecule has 2 unspecified atom stereocenters. The maximum Gasteiger partial charge on any atom is 0.191 e.